The minimum Gasteiger partial charge on any atom is -0.368 e. The molecule has 0 radical (unpaired) electrons. The molecule has 544 valence electrons. The number of piperidine rings is 2. The van der Waals surface area contributed by atoms with Gasteiger partial charge in [0.25, 0.3) is 11.8 Å². The molecule has 104 heavy (non-hydrogen) atoms. The van der Waals surface area contributed by atoms with E-state index in [4.69, 9.17) is 29.4 Å². The number of fused-ring (bicyclic) bond motifs is 6. The van der Waals surface area contributed by atoms with E-state index < -0.39 is 22.5 Å². The van der Waals surface area contributed by atoms with Gasteiger partial charge in [0.05, 0.1) is 82.9 Å². The van der Waals surface area contributed by atoms with Crippen molar-refractivity contribution in [2.75, 3.05) is 86.0 Å². The average Bonchev–Trinajstić information content (AvgIpc) is 1.55. The Balaban J connectivity index is 0.000000154. The van der Waals surface area contributed by atoms with Gasteiger partial charge < -0.3 is 48.8 Å². The van der Waals surface area contributed by atoms with Crippen molar-refractivity contribution in [2.45, 2.75) is 192 Å². The van der Waals surface area contributed by atoms with Gasteiger partial charge in [-0.25, -0.2) is 28.7 Å². The van der Waals surface area contributed by atoms with E-state index in [9.17, 15) is 28.0 Å². The van der Waals surface area contributed by atoms with Gasteiger partial charge >= 0.3 is 0 Å². The number of benzene rings is 2. The van der Waals surface area contributed by atoms with Gasteiger partial charge in [-0.05, 0) is 163 Å². The summed E-state index contributed by atoms with van der Waals surface area (Å²) in [6, 6.07) is 21.1. The molecule has 8 aliphatic heterocycles. The lowest BCUT2D eigenvalue weighted by Gasteiger charge is -2.47. The molecule has 2 aromatic carbocycles. The number of hydrogen-bond donors (Lipinski definition) is 2. The zero-order valence-corrected chi connectivity index (χ0v) is 60.9. The molecule has 22 nitrogen and oxygen atoms in total. The third-order valence-electron chi connectivity index (χ3n) is 24.8. The molecule has 2 atom stereocenters. The Kier molecular flexibility index (Phi) is 17.1. The second-order valence-electron chi connectivity index (χ2n) is 33.2. The molecule has 2 aliphatic carbocycles. The van der Waals surface area contributed by atoms with Crippen molar-refractivity contribution >= 4 is 80.1 Å². The fourth-order valence-corrected chi connectivity index (χ4v) is 18.3. The number of hydrogen-bond acceptors (Lipinski definition) is 16. The number of pyridine rings is 4. The molecule has 2 spiro atoms. The van der Waals surface area contributed by atoms with Crippen LogP contribution in [0.4, 0.5) is 43.2 Å². The van der Waals surface area contributed by atoms with Crippen LogP contribution >= 0.6 is 0 Å². The fraction of sp³-hybridized carbons (Fsp3) is 0.525. The third-order valence-corrected chi connectivity index (χ3v) is 24.8. The van der Waals surface area contributed by atoms with Crippen molar-refractivity contribution in [1.29, 1.82) is 0 Å². The molecule has 6 aromatic heterocycles. The fourth-order valence-electron chi connectivity index (χ4n) is 18.3. The van der Waals surface area contributed by atoms with Crippen LogP contribution in [-0.4, -0.2) is 184 Å². The summed E-state index contributed by atoms with van der Waals surface area (Å²) in [5, 5.41) is 6.45. The largest absolute Gasteiger partial charge is 0.368 e. The lowest BCUT2D eigenvalue weighted by Crippen LogP contribution is -2.58. The monoisotopic (exact) mass is 1410 g/mol. The van der Waals surface area contributed by atoms with Crippen LogP contribution in [-0.2, 0) is 39.5 Å². The predicted molar refractivity (Wildman–Crippen MR) is 394 cm³/mol. The maximum absolute atomic E-state index is 14.9. The molecule has 0 unspecified atom stereocenters. The Morgan fingerprint density at radius 1 is 0.529 bits per heavy atom. The molecule has 18 rings (SSSR count). The second kappa shape index (κ2) is 26.0. The Bertz CT molecular complexity index is 4410. The van der Waals surface area contributed by atoms with Gasteiger partial charge in [-0.2, -0.15) is 0 Å². The number of likely N-dealkylation sites (tertiary alicyclic amines) is 4. The van der Waals surface area contributed by atoms with E-state index in [1.54, 1.807) is 37.2 Å². The molecular formula is C80H94F2N16O6. The van der Waals surface area contributed by atoms with Gasteiger partial charge in [0.15, 0.2) is 23.3 Å². The van der Waals surface area contributed by atoms with Crippen LogP contribution in [0.2, 0.25) is 0 Å². The SMILES string of the molecule is CC(C)n1cnc2cc(-c3ccc4c(c3)N(C3CC(N5CCC(C)(C)C5)C3)C(=O)C43CCN(C(=O)[C@@H]4CCO4)CC3)nc(Nc3ccncc3F)c21.CC(C)n1cnc2cc(-c3ccc4c(c3)N(C3CC(N5CCC(C)(C)C5)C3)C(=O)C43CCN(C(=O)[C@H]4CCO4)CC3)nc(Nc3ccncc3F)c21. The Morgan fingerprint density at radius 3 is 1.26 bits per heavy atom. The zero-order chi connectivity index (χ0) is 71.9. The molecule has 24 heteroatoms. The lowest BCUT2D eigenvalue weighted by molar-refractivity contribution is -0.158. The molecule has 8 fully saturated rings. The van der Waals surface area contributed by atoms with Crippen molar-refractivity contribution in [2.24, 2.45) is 10.8 Å². The molecular weight excluding hydrogens is 1320 g/mol. The highest BCUT2D eigenvalue weighted by atomic mass is 19.1. The van der Waals surface area contributed by atoms with E-state index in [-0.39, 0.29) is 71.4 Å². The highest BCUT2D eigenvalue weighted by Gasteiger charge is 2.59. The smallest absolute Gasteiger partial charge is 0.251 e. The van der Waals surface area contributed by atoms with Gasteiger partial charge in [-0.1, -0.05) is 52.0 Å². The van der Waals surface area contributed by atoms with Gasteiger partial charge in [0.1, 0.15) is 23.2 Å². The second-order valence-corrected chi connectivity index (χ2v) is 33.2. The molecule has 4 amide bonds. The summed E-state index contributed by atoms with van der Waals surface area (Å²) in [5.74, 6) is 0.462. The highest BCUT2D eigenvalue weighted by Crippen LogP contribution is 2.55. The number of anilines is 6. The number of carbonyl (C=O) groups is 4. The Hall–Kier alpha value is -8.84. The quantitative estimate of drug-likeness (QED) is 0.103. The maximum atomic E-state index is 14.9. The van der Waals surface area contributed by atoms with E-state index in [0.717, 1.165) is 120 Å². The van der Waals surface area contributed by atoms with Crippen molar-refractivity contribution in [3.63, 3.8) is 0 Å². The average molecular weight is 1410 g/mol. The van der Waals surface area contributed by atoms with Crippen LogP contribution in [0.25, 0.3) is 44.6 Å². The van der Waals surface area contributed by atoms with Gasteiger partial charge in [-0.3, -0.25) is 38.9 Å². The van der Waals surface area contributed by atoms with Gasteiger partial charge in [0, 0.05) is 123 Å². The summed E-state index contributed by atoms with van der Waals surface area (Å²) in [7, 11) is 0. The first kappa shape index (κ1) is 68.3. The summed E-state index contributed by atoms with van der Waals surface area (Å²) in [5.41, 5.74) is 9.96. The first-order valence-electron chi connectivity index (χ1n) is 37.8. The first-order valence-corrected chi connectivity index (χ1v) is 37.8. The minimum atomic E-state index is -0.676. The minimum absolute atomic E-state index is 0.0479. The van der Waals surface area contributed by atoms with E-state index in [0.29, 0.717) is 111 Å². The third kappa shape index (κ3) is 11.8. The van der Waals surface area contributed by atoms with Crippen LogP contribution in [0.15, 0.2) is 98.1 Å². The highest BCUT2D eigenvalue weighted by molar-refractivity contribution is 6.11. The lowest BCUT2D eigenvalue weighted by atomic mass is 9.73. The topological polar surface area (TPSA) is 217 Å². The molecule has 0 bridgehead atoms. The Morgan fingerprint density at radius 2 is 0.923 bits per heavy atom. The van der Waals surface area contributed by atoms with Crippen molar-refractivity contribution < 1.29 is 37.4 Å². The van der Waals surface area contributed by atoms with Gasteiger partial charge in [0.2, 0.25) is 11.8 Å². The summed E-state index contributed by atoms with van der Waals surface area (Å²) >= 11 is 0. The van der Waals surface area contributed by atoms with Crippen LogP contribution in [0, 0.1) is 22.5 Å². The zero-order valence-electron chi connectivity index (χ0n) is 60.9. The van der Waals surface area contributed by atoms with Crippen LogP contribution < -0.4 is 20.4 Å². The standard InChI is InChI=1S/2C40H47FN8O3/c2*1-24(2)48-23-43-32-20-31(45-36(35(32)48)44-30-7-12-42-21-29(30)41)25-5-6-28-33(17-25)49(27-18-26(19-27)47-13-9-39(3,4)22-47)38(51)40(28)10-14-46(15-11-40)37(50)34-8-16-52-34/h2*5-7,12,17,20-21,23-24,26-27,34H,8-11,13-16,18-19,22H2,1-4H3,(H,42,44,45)/t2*26?,27?,34-/m10/s1. The van der Waals surface area contributed by atoms with Crippen LogP contribution in [0.5, 0.6) is 0 Å². The molecule has 2 saturated carbocycles. The molecule has 10 aliphatic rings. The van der Waals surface area contributed by atoms with E-state index in [1.807, 2.05) is 31.1 Å². The van der Waals surface area contributed by atoms with Crippen LogP contribution in [0.3, 0.4) is 0 Å². The number of ether oxygens (including phenoxy) is 2. The van der Waals surface area contributed by atoms with Crippen molar-refractivity contribution in [3.8, 4) is 22.5 Å². The number of imidazole rings is 2. The molecule has 8 aromatic rings. The number of halogens is 2. The number of nitrogens with zero attached hydrogens (tertiary/aromatic N) is 14. The summed E-state index contributed by atoms with van der Waals surface area (Å²) < 4.78 is 44.8. The van der Waals surface area contributed by atoms with Gasteiger partial charge in [-0.15, -0.1) is 0 Å². The molecule has 14 heterocycles. The number of amides is 4. The van der Waals surface area contributed by atoms with E-state index in [2.05, 4.69) is 132 Å². The number of aromatic nitrogens is 8. The molecule has 2 N–H and O–H groups in total. The summed E-state index contributed by atoms with van der Waals surface area (Å²) in [6.07, 6.45) is 18.5. The summed E-state index contributed by atoms with van der Waals surface area (Å²) in [6.45, 7) is 25.5. The number of rotatable bonds is 14. The normalized spacial score (nSPS) is 25.1. The maximum Gasteiger partial charge on any atom is 0.251 e. The van der Waals surface area contributed by atoms with E-state index in [1.165, 1.54) is 25.2 Å². The van der Waals surface area contributed by atoms with Crippen molar-refractivity contribution in [1.82, 2.24) is 58.6 Å². The first-order chi connectivity index (χ1) is 50.0. The number of nitrogens with one attached hydrogen (secondary N) is 2. The number of carbonyl (C=O) groups excluding carboxylic acids is 4. The van der Waals surface area contributed by atoms with Crippen LogP contribution in [0.1, 0.15) is 156 Å². The Labute approximate surface area is 605 Å². The predicted octanol–water partition coefficient (Wildman–Crippen LogP) is 12.4. The molecule has 6 saturated heterocycles. The summed E-state index contributed by atoms with van der Waals surface area (Å²) in [4.78, 5) is 96.6. The van der Waals surface area contributed by atoms with Crippen molar-refractivity contribution in [3.05, 3.63) is 121 Å². The van der Waals surface area contributed by atoms with E-state index >= 15 is 0 Å².